The van der Waals surface area contributed by atoms with Crippen molar-refractivity contribution in [1.82, 2.24) is 4.98 Å². The summed E-state index contributed by atoms with van der Waals surface area (Å²) in [4.78, 5) is 13.9. The summed E-state index contributed by atoms with van der Waals surface area (Å²) in [5.41, 5.74) is -0.449. The second kappa shape index (κ2) is 5.69. The molecule has 0 spiro atoms. The van der Waals surface area contributed by atoms with Gasteiger partial charge in [-0.1, -0.05) is 12.1 Å². The number of halogens is 3. The summed E-state index contributed by atoms with van der Waals surface area (Å²) < 4.78 is 40.4. The van der Waals surface area contributed by atoms with Gasteiger partial charge in [0.25, 0.3) is 5.69 Å². The number of nitriles is 1. The minimum atomic E-state index is -4.85. The Morgan fingerprint density at radius 3 is 2.59 bits per heavy atom. The first-order chi connectivity index (χ1) is 10.3. The highest BCUT2D eigenvalue weighted by Crippen LogP contribution is 2.29. The second-order valence-electron chi connectivity index (χ2n) is 4.04. The first-order valence-corrected chi connectivity index (χ1v) is 5.71. The fourth-order valence-electron chi connectivity index (χ4n) is 1.68. The molecule has 0 saturated carbocycles. The predicted octanol–water partition coefficient (Wildman–Crippen LogP) is 3.43. The molecule has 9 heteroatoms. The van der Waals surface area contributed by atoms with Crippen molar-refractivity contribution in [3.05, 3.63) is 52.2 Å². The number of hydrogen-bond donors (Lipinski definition) is 0. The van der Waals surface area contributed by atoms with E-state index in [1.807, 2.05) is 0 Å². The molecule has 22 heavy (non-hydrogen) atoms. The highest BCUT2D eigenvalue weighted by Gasteiger charge is 2.31. The summed E-state index contributed by atoms with van der Waals surface area (Å²) in [7, 11) is 0. The van der Waals surface area contributed by atoms with Gasteiger partial charge in [0, 0.05) is 11.6 Å². The summed E-state index contributed by atoms with van der Waals surface area (Å²) in [6.07, 6.45) is -4.85. The van der Waals surface area contributed by atoms with Crippen molar-refractivity contribution in [2.45, 2.75) is 6.36 Å². The largest absolute Gasteiger partial charge is 0.573 e. The Kier molecular flexibility index (Phi) is 3.94. The molecule has 1 heterocycles. The molecule has 0 N–H and O–H groups in total. The molecule has 1 aromatic heterocycles. The topological polar surface area (TPSA) is 89.0 Å². The molecule has 0 aliphatic rings. The molecule has 0 radical (unpaired) electrons. The van der Waals surface area contributed by atoms with Crippen LogP contribution < -0.4 is 4.74 Å². The lowest BCUT2D eigenvalue weighted by Gasteiger charge is -2.10. The second-order valence-corrected chi connectivity index (χ2v) is 4.04. The number of benzene rings is 1. The molecule has 0 amide bonds. The minimum absolute atomic E-state index is 0.00151. The van der Waals surface area contributed by atoms with Gasteiger partial charge in [-0.25, -0.2) is 4.98 Å². The molecule has 0 aliphatic carbocycles. The van der Waals surface area contributed by atoms with Crippen LogP contribution >= 0.6 is 0 Å². The van der Waals surface area contributed by atoms with E-state index in [9.17, 15) is 23.3 Å². The van der Waals surface area contributed by atoms with Gasteiger partial charge in [0.15, 0.2) is 0 Å². The SMILES string of the molecule is N#Cc1cc([N+](=O)[O-])cc(-c2cccc(OC(F)(F)F)c2)n1. The maximum Gasteiger partial charge on any atom is 0.573 e. The van der Waals surface area contributed by atoms with Crippen LogP contribution in [0.25, 0.3) is 11.3 Å². The molecule has 2 aromatic rings. The molecular weight excluding hydrogens is 303 g/mol. The zero-order chi connectivity index (χ0) is 16.3. The standard InChI is InChI=1S/C13H6F3N3O3/c14-13(15,16)22-11-3-1-2-8(4-11)12-6-10(19(20)21)5-9(7-17)18-12/h1-6H. The van der Waals surface area contributed by atoms with Crippen LogP contribution in [0.15, 0.2) is 36.4 Å². The third-order valence-corrected chi connectivity index (χ3v) is 2.50. The van der Waals surface area contributed by atoms with Gasteiger partial charge in [0.05, 0.1) is 16.7 Å². The normalized spacial score (nSPS) is 10.8. The highest BCUT2D eigenvalue weighted by atomic mass is 19.4. The molecular formula is C13H6F3N3O3. The van der Waals surface area contributed by atoms with E-state index in [1.54, 1.807) is 6.07 Å². The lowest BCUT2D eigenvalue weighted by atomic mass is 10.1. The van der Waals surface area contributed by atoms with Gasteiger partial charge in [-0.3, -0.25) is 10.1 Å². The number of pyridine rings is 1. The molecule has 0 bridgehead atoms. The van der Waals surface area contributed by atoms with Gasteiger partial charge in [-0.15, -0.1) is 13.2 Å². The minimum Gasteiger partial charge on any atom is -0.406 e. The molecule has 0 aliphatic heterocycles. The van der Waals surface area contributed by atoms with Crippen LogP contribution in [0, 0.1) is 21.4 Å². The van der Waals surface area contributed by atoms with Gasteiger partial charge >= 0.3 is 6.36 Å². The zero-order valence-corrected chi connectivity index (χ0v) is 10.7. The third-order valence-electron chi connectivity index (χ3n) is 2.50. The Bertz CT molecular complexity index is 769. The van der Waals surface area contributed by atoms with Gasteiger partial charge < -0.3 is 4.74 Å². The monoisotopic (exact) mass is 309 g/mol. The Morgan fingerprint density at radius 2 is 2.00 bits per heavy atom. The number of nitrogens with zero attached hydrogens (tertiary/aromatic N) is 3. The van der Waals surface area contributed by atoms with Gasteiger partial charge in [0.2, 0.25) is 0 Å². The van der Waals surface area contributed by atoms with Crippen LogP contribution in [-0.4, -0.2) is 16.3 Å². The number of ether oxygens (including phenoxy) is 1. The molecule has 0 fully saturated rings. The first kappa shape index (κ1) is 15.2. The zero-order valence-electron chi connectivity index (χ0n) is 10.7. The van der Waals surface area contributed by atoms with Crippen LogP contribution in [0.3, 0.4) is 0 Å². The van der Waals surface area contributed by atoms with E-state index in [0.717, 1.165) is 24.3 Å². The fourth-order valence-corrected chi connectivity index (χ4v) is 1.68. The van der Waals surface area contributed by atoms with Crippen molar-refractivity contribution in [2.24, 2.45) is 0 Å². The number of aromatic nitrogens is 1. The van der Waals surface area contributed by atoms with Gasteiger partial charge in [0.1, 0.15) is 17.5 Å². The number of nitro groups is 1. The van der Waals surface area contributed by atoms with Crippen molar-refractivity contribution in [2.75, 3.05) is 0 Å². The third kappa shape index (κ3) is 3.69. The average Bonchev–Trinajstić information content (AvgIpc) is 2.45. The summed E-state index contributed by atoms with van der Waals surface area (Å²) >= 11 is 0. The van der Waals surface area contributed by atoms with Gasteiger partial charge in [-0.2, -0.15) is 5.26 Å². The fraction of sp³-hybridized carbons (Fsp3) is 0.0769. The molecule has 1 aromatic carbocycles. The number of hydrogen-bond acceptors (Lipinski definition) is 5. The summed E-state index contributed by atoms with van der Waals surface area (Å²) in [5, 5.41) is 19.6. The lowest BCUT2D eigenvalue weighted by molar-refractivity contribution is -0.384. The van der Waals surface area contributed by atoms with Crippen LogP contribution in [-0.2, 0) is 0 Å². The van der Waals surface area contributed by atoms with E-state index in [2.05, 4.69) is 9.72 Å². The molecule has 112 valence electrons. The van der Waals surface area contributed by atoms with E-state index < -0.39 is 17.0 Å². The van der Waals surface area contributed by atoms with Crippen molar-refractivity contribution in [3.8, 4) is 23.1 Å². The smallest absolute Gasteiger partial charge is 0.406 e. The summed E-state index contributed by atoms with van der Waals surface area (Å²) in [6.45, 7) is 0. The Hall–Kier alpha value is -3.15. The molecule has 6 nitrogen and oxygen atoms in total. The summed E-state index contributed by atoms with van der Waals surface area (Å²) in [5.74, 6) is -0.489. The molecule has 2 rings (SSSR count). The summed E-state index contributed by atoms with van der Waals surface area (Å²) in [6, 6.07) is 8.48. The van der Waals surface area contributed by atoms with E-state index >= 15 is 0 Å². The van der Waals surface area contributed by atoms with E-state index in [1.165, 1.54) is 12.1 Å². The number of rotatable bonds is 3. The Labute approximate surface area is 121 Å². The van der Waals surface area contributed by atoms with E-state index in [-0.39, 0.29) is 22.6 Å². The average molecular weight is 309 g/mol. The molecule has 0 unspecified atom stereocenters. The quantitative estimate of drug-likeness (QED) is 0.640. The van der Waals surface area contributed by atoms with Crippen molar-refractivity contribution in [1.29, 1.82) is 5.26 Å². The lowest BCUT2D eigenvalue weighted by Crippen LogP contribution is -2.17. The Morgan fingerprint density at radius 1 is 1.27 bits per heavy atom. The first-order valence-electron chi connectivity index (χ1n) is 5.71. The highest BCUT2D eigenvalue weighted by molar-refractivity contribution is 5.64. The van der Waals surface area contributed by atoms with Crippen LogP contribution in [0.1, 0.15) is 5.69 Å². The van der Waals surface area contributed by atoms with Crippen molar-refractivity contribution < 1.29 is 22.8 Å². The Balaban J connectivity index is 2.48. The van der Waals surface area contributed by atoms with Crippen LogP contribution in [0.4, 0.5) is 18.9 Å². The maximum absolute atomic E-state index is 12.2. The van der Waals surface area contributed by atoms with E-state index in [0.29, 0.717) is 0 Å². The van der Waals surface area contributed by atoms with Crippen molar-refractivity contribution in [3.63, 3.8) is 0 Å². The van der Waals surface area contributed by atoms with Crippen LogP contribution in [0.2, 0.25) is 0 Å². The van der Waals surface area contributed by atoms with E-state index in [4.69, 9.17) is 5.26 Å². The maximum atomic E-state index is 12.2. The number of alkyl halides is 3. The molecule has 0 atom stereocenters. The van der Waals surface area contributed by atoms with Crippen LogP contribution in [0.5, 0.6) is 5.75 Å². The predicted molar refractivity (Wildman–Crippen MR) is 67.7 cm³/mol. The molecule has 0 saturated heterocycles. The van der Waals surface area contributed by atoms with Crippen molar-refractivity contribution >= 4 is 5.69 Å². The van der Waals surface area contributed by atoms with Gasteiger partial charge in [-0.05, 0) is 12.1 Å².